The van der Waals surface area contributed by atoms with Gasteiger partial charge in [-0.2, -0.15) is 0 Å². The highest BCUT2D eigenvalue weighted by Crippen LogP contribution is 2.36. The summed E-state index contributed by atoms with van der Waals surface area (Å²) in [5, 5.41) is 4.53. The van der Waals surface area contributed by atoms with Gasteiger partial charge in [0.1, 0.15) is 22.0 Å². The molecule has 0 saturated heterocycles. The number of fused-ring (bicyclic) bond motifs is 1. The first-order valence-corrected chi connectivity index (χ1v) is 9.99. The number of thioether (sulfide) groups is 1. The number of thiophene rings is 1. The number of benzene rings is 1. The fraction of sp³-hybridized carbons (Fsp3) is 0.316. The van der Waals surface area contributed by atoms with Gasteiger partial charge < -0.3 is 5.32 Å². The Bertz CT molecular complexity index is 940. The minimum absolute atomic E-state index is 0.0804. The molecule has 3 aromatic rings. The lowest BCUT2D eigenvalue weighted by Gasteiger charge is -2.18. The van der Waals surface area contributed by atoms with Crippen molar-refractivity contribution < 1.29 is 9.18 Å². The molecule has 0 unspecified atom stereocenters. The summed E-state index contributed by atoms with van der Waals surface area (Å²) in [5.41, 5.74) is 2.03. The highest BCUT2D eigenvalue weighted by atomic mass is 32.2. The number of halogens is 1. The van der Waals surface area contributed by atoms with Gasteiger partial charge in [0, 0.05) is 10.3 Å². The van der Waals surface area contributed by atoms with Crippen LogP contribution in [0, 0.1) is 19.7 Å². The quantitative estimate of drug-likeness (QED) is 0.503. The van der Waals surface area contributed by atoms with E-state index in [1.807, 2.05) is 13.8 Å². The minimum Gasteiger partial charge on any atom is -0.349 e. The van der Waals surface area contributed by atoms with Crippen molar-refractivity contribution in [3.8, 4) is 0 Å². The van der Waals surface area contributed by atoms with Crippen molar-refractivity contribution >= 4 is 39.2 Å². The molecule has 1 amide bonds. The van der Waals surface area contributed by atoms with Crippen LogP contribution in [-0.4, -0.2) is 21.1 Å². The Hall–Kier alpha value is -1.99. The van der Waals surface area contributed by atoms with E-state index in [0.717, 1.165) is 20.8 Å². The van der Waals surface area contributed by atoms with Crippen molar-refractivity contribution in [2.24, 2.45) is 0 Å². The summed E-state index contributed by atoms with van der Waals surface area (Å²) in [6.45, 7) is 7.87. The molecule has 2 atom stereocenters. The van der Waals surface area contributed by atoms with E-state index in [2.05, 4.69) is 29.1 Å². The van der Waals surface area contributed by atoms with Gasteiger partial charge in [0.25, 0.3) is 0 Å². The van der Waals surface area contributed by atoms with Crippen LogP contribution in [0.4, 0.5) is 4.39 Å². The lowest BCUT2D eigenvalue weighted by atomic mass is 10.1. The summed E-state index contributed by atoms with van der Waals surface area (Å²) < 4.78 is 13.0. The van der Waals surface area contributed by atoms with Crippen molar-refractivity contribution in [1.82, 2.24) is 15.3 Å². The molecule has 136 valence electrons. The van der Waals surface area contributed by atoms with E-state index in [0.29, 0.717) is 0 Å². The summed E-state index contributed by atoms with van der Waals surface area (Å²) in [7, 11) is 0. The fourth-order valence-electron chi connectivity index (χ4n) is 2.63. The number of rotatable bonds is 5. The molecule has 7 heteroatoms. The Kier molecular flexibility index (Phi) is 5.58. The number of hydrogen-bond donors (Lipinski definition) is 1. The molecule has 3 rings (SSSR count). The smallest absolute Gasteiger partial charge is 0.233 e. The second-order valence-electron chi connectivity index (χ2n) is 6.18. The molecule has 4 nitrogen and oxygen atoms in total. The van der Waals surface area contributed by atoms with E-state index in [-0.39, 0.29) is 23.0 Å². The summed E-state index contributed by atoms with van der Waals surface area (Å²) in [5.74, 6) is -0.367. The number of nitrogens with one attached hydrogen (secondary N) is 1. The van der Waals surface area contributed by atoms with Gasteiger partial charge >= 0.3 is 0 Å². The highest BCUT2D eigenvalue weighted by Gasteiger charge is 2.21. The van der Waals surface area contributed by atoms with Gasteiger partial charge in [-0.15, -0.1) is 11.3 Å². The lowest BCUT2D eigenvalue weighted by Crippen LogP contribution is -2.33. The SMILES string of the molecule is Cc1sc2ncnc(S[C@H](C)C(=O)N[C@@H](C)c3ccc(F)cc3)c2c1C. The van der Waals surface area contributed by atoms with Crippen molar-refractivity contribution in [3.05, 3.63) is 52.4 Å². The maximum atomic E-state index is 13.0. The number of amides is 1. The summed E-state index contributed by atoms with van der Waals surface area (Å²) in [4.78, 5) is 23.5. The van der Waals surface area contributed by atoms with Crippen LogP contribution in [0.15, 0.2) is 35.6 Å². The third kappa shape index (κ3) is 3.88. The Labute approximate surface area is 160 Å². The molecule has 0 fully saturated rings. The lowest BCUT2D eigenvalue weighted by molar-refractivity contribution is -0.120. The van der Waals surface area contributed by atoms with Gasteiger partial charge in [0.2, 0.25) is 5.91 Å². The average molecular weight is 390 g/mol. The molecule has 0 radical (unpaired) electrons. The maximum Gasteiger partial charge on any atom is 0.233 e. The Balaban J connectivity index is 1.72. The number of nitrogens with zero attached hydrogens (tertiary/aromatic N) is 2. The van der Waals surface area contributed by atoms with Crippen molar-refractivity contribution in [1.29, 1.82) is 0 Å². The standard InChI is InChI=1S/C19H20FN3OS2/c1-10-12(3)25-18-16(10)19(22-9-21-18)26-13(4)17(24)23-11(2)14-5-7-15(20)8-6-14/h5-9,11,13H,1-4H3,(H,23,24)/t11-,13+/m0/s1. The molecule has 0 aliphatic heterocycles. The molecular weight excluding hydrogens is 369 g/mol. The van der Waals surface area contributed by atoms with Crippen molar-refractivity contribution in [3.63, 3.8) is 0 Å². The van der Waals surface area contributed by atoms with E-state index in [4.69, 9.17) is 0 Å². The number of aryl methyl sites for hydroxylation is 2. The van der Waals surface area contributed by atoms with E-state index in [1.54, 1.807) is 29.8 Å². The molecule has 0 aliphatic rings. The number of carbonyl (C=O) groups is 1. The van der Waals surface area contributed by atoms with Gasteiger partial charge in [0.15, 0.2) is 0 Å². The van der Waals surface area contributed by atoms with E-state index in [1.165, 1.54) is 34.3 Å². The fourth-order valence-corrected chi connectivity index (χ4v) is 4.67. The van der Waals surface area contributed by atoms with Crippen LogP contribution < -0.4 is 5.32 Å². The van der Waals surface area contributed by atoms with Gasteiger partial charge in [0.05, 0.1) is 11.3 Å². The summed E-state index contributed by atoms with van der Waals surface area (Å²) >= 11 is 3.07. The highest BCUT2D eigenvalue weighted by molar-refractivity contribution is 8.00. The van der Waals surface area contributed by atoms with Gasteiger partial charge in [-0.3, -0.25) is 4.79 Å². The molecule has 1 aromatic carbocycles. The van der Waals surface area contributed by atoms with E-state index < -0.39 is 0 Å². The summed E-state index contributed by atoms with van der Waals surface area (Å²) in [6, 6.07) is 5.97. The Morgan fingerprint density at radius 2 is 1.88 bits per heavy atom. The van der Waals surface area contributed by atoms with Gasteiger partial charge in [-0.1, -0.05) is 23.9 Å². The molecule has 0 saturated carbocycles. The number of hydrogen-bond acceptors (Lipinski definition) is 5. The zero-order chi connectivity index (χ0) is 18.8. The second-order valence-corrected chi connectivity index (χ2v) is 8.72. The first-order valence-electron chi connectivity index (χ1n) is 8.30. The van der Waals surface area contributed by atoms with Crippen LogP contribution in [-0.2, 0) is 4.79 Å². The molecule has 1 N–H and O–H groups in total. The number of carbonyl (C=O) groups excluding carboxylic acids is 1. The van der Waals surface area contributed by atoms with Crippen LogP contribution in [0.3, 0.4) is 0 Å². The van der Waals surface area contributed by atoms with Crippen LogP contribution in [0.25, 0.3) is 10.2 Å². The topological polar surface area (TPSA) is 54.9 Å². The van der Waals surface area contributed by atoms with Crippen LogP contribution in [0.1, 0.15) is 35.9 Å². The third-order valence-corrected chi connectivity index (χ3v) is 6.53. The van der Waals surface area contributed by atoms with E-state index >= 15 is 0 Å². The second kappa shape index (κ2) is 7.72. The average Bonchev–Trinajstić information content (AvgIpc) is 2.90. The first-order chi connectivity index (χ1) is 12.4. The monoisotopic (exact) mass is 389 g/mol. The Morgan fingerprint density at radius 3 is 2.58 bits per heavy atom. The predicted molar refractivity (Wildman–Crippen MR) is 105 cm³/mol. The largest absolute Gasteiger partial charge is 0.349 e. The van der Waals surface area contributed by atoms with Crippen molar-refractivity contribution in [2.45, 2.75) is 44.0 Å². The molecule has 0 bridgehead atoms. The van der Waals surface area contributed by atoms with Gasteiger partial charge in [-0.05, 0) is 51.0 Å². The normalized spacial score (nSPS) is 13.6. The van der Waals surface area contributed by atoms with Crippen LogP contribution in [0.5, 0.6) is 0 Å². The zero-order valence-electron chi connectivity index (χ0n) is 15.0. The number of aromatic nitrogens is 2. The van der Waals surface area contributed by atoms with Gasteiger partial charge in [-0.25, -0.2) is 14.4 Å². The molecule has 2 heterocycles. The molecule has 0 aliphatic carbocycles. The molecule has 2 aromatic heterocycles. The minimum atomic E-state index is -0.310. The zero-order valence-corrected chi connectivity index (χ0v) is 16.7. The summed E-state index contributed by atoms with van der Waals surface area (Å²) in [6.07, 6.45) is 1.55. The maximum absolute atomic E-state index is 13.0. The molecular formula is C19H20FN3OS2. The van der Waals surface area contributed by atoms with Crippen LogP contribution >= 0.6 is 23.1 Å². The molecule has 26 heavy (non-hydrogen) atoms. The predicted octanol–water partition coefficient (Wildman–Crippen LogP) is 4.81. The Morgan fingerprint density at radius 1 is 1.19 bits per heavy atom. The van der Waals surface area contributed by atoms with E-state index in [9.17, 15) is 9.18 Å². The first kappa shape index (κ1) is 18.8. The molecule has 0 spiro atoms. The van der Waals surface area contributed by atoms with Crippen LogP contribution in [0.2, 0.25) is 0 Å². The van der Waals surface area contributed by atoms with Crippen molar-refractivity contribution in [2.75, 3.05) is 0 Å². The third-order valence-electron chi connectivity index (χ3n) is 4.32.